The molecule has 0 aromatic heterocycles. The van der Waals surface area contributed by atoms with E-state index in [4.69, 9.17) is 15.9 Å². The summed E-state index contributed by atoms with van der Waals surface area (Å²) < 4.78 is 10.5. The molecule has 1 unspecified atom stereocenters. The quantitative estimate of drug-likeness (QED) is 0.378. The number of esters is 1. The Bertz CT molecular complexity index is 267. The van der Waals surface area contributed by atoms with Crippen LogP contribution in [0.25, 0.3) is 0 Å². The normalized spacial score (nSPS) is 24.6. The Morgan fingerprint density at radius 3 is 2.75 bits per heavy atom. The van der Waals surface area contributed by atoms with Crippen molar-refractivity contribution in [2.24, 2.45) is 0 Å². The van der Waals surface area contributed by atoms with Crippen molar-refractivity contribution in [3.05, 3.63) is 0 Å². The highest BCUT2D eigenvalue weighted by molar-refractivity contribution is 5.66. The lowest BCUT2D eigenvalue weighted by Crippen LogP contribution is -2.14. The zero-order valence-electron chi connectivity index (χ0n) is 10.1. The fraction of sp³-hybridized carbons (Fsp3) is 0.769. The number of ether oxygens (including phenoxy) is 2. The first kappa shape index (κ1) is 13.1. The number of carbonyl (C=O) groups excluding carboxylic acids is 1. The summed E-state index contributed by atoms with van der Waals surface area (Å²) in [4.78, 5) is 10.7. The summed E-state index contributed by atoms with van der Waals surface area (Å²) in [6.07, 6.45) is 10.8. The van der Waals surface area contributed by atoms with Crippen LogP contribution in [0.3, 0.4) is 0 Å². The first-order chi connectivity index (χ1) is 7.67. The predicted molar refractivity (Wildman–Crippen MR) is 61.8 cm³/mol. The highest BCUT2D eigenvalue weighted by Gasteiger charge is 2.36. The minimum Gasteiger partial charge on any atom is -0.449 e. The van der Waals surface area contributed by atoms with Gasteiger partial charge in [-0.15, -0.1) is 6.42 Å². The van der Waals surface area contributed by atoms with Crippen LogP contribution in [0.5, 0.6) is 0 Å². The Hall–Kier alpha value is -1.01. The van der Waals surface area contributed by atoms with Crippen LogP contribution in [0.1, 0.15) is 46.0 Å². The van der Waals surface area contributed by atoms with Gasteiger partial charge in [0.1, 0.15) is 0 Å². The van der Waals surface area contributed by atoms with Crippen molar-refractivity contribution in [3.63, 3.8) is 0 Å². The Labute approximate surface area is 97.5 Å². The molecule has 1 aliphatic rings. The third-order valence-electron chi connectivity index (χ3n) is 2.71. The molecule has 1 heterocycles. The SMILES string of the molecule is C#CC(CCC[C@H]1O[C@@H]1CCC)OC(C)=O. The smallest absolute Gasteiger partial charge is 0.303 e. The molecule has 0 spiro atoms. The number of rotatable bonds is 7. The fourth-order valence-electron chi connectivity index (χ4n) is 1.85. The van der Waals surface area contributed by atoms with Crippen LogP contribution in [0.15, 0.2) is 0 Å². The van der Waals surface area contributed by atoms with Crippen molar-refractivity contribution in [1.82, 2.24) is 0 Å². The van der Waals surface area contributed by atoms with Gasteiger partial charge in [-0.1, -0.05) is 19.3 Å². The molecule has 16 heavy (non-hydrogen) atoms. The van der Waals surface area contributed by atoms with Crippen molar-refractivity contribution < 1.29 is 14.3 Å². The molecular weight excluding hydrogens is 204 g/mol. The van der Waals surface area contributed by atoms with E-state index in [-0.39, 0.29) is 12.1 Å². The minimum atomic E-state index is -0.374. The van der Waals surface area contributed by atoms with Gasteiger partial charge in [-0.3, -0.25) is 4.79 Å². The second-order valence-corrected chi connectivity index (χ2v) is 4.20. The van der Waals surface area contributed by atoms with Crippen molar-refractivity contribution in [2.75, 3.05) is 0 Å². The maximum Gasteiger partial charge on any atom is 0.303 e. The summed E-state index contributed by atoms with van der Waals surface area (Å²) in [5.74, 6) is 2.17. The van der Waals surface area contributed by atoms with Gasteiger partial charge in [0.15, 0.2) is 6.10 Å². The number of hydrogen-bond acceptors (Lipinski definition) is 3. The lowest BCUT2D eigenvalue weighted by atomic mass is 10.1. The molecule has 3 nitrogen and oxygen atoms in total. The van der Waals surface area contributed by atoms with Gasteiger partial charge in [-0.05, 0) is 25.7 Å². The van der Waals surface area contributed by atoms with E-state index in [9.17, 15) is 4.79 Å². The van der Waals surface area contributed by atoms with Gasteiger partial charge >= 0.3 is 5.97 Å². The van der Waals surface area contributed by atoms with Crippen molar-refractivity contribution >= 4 is 5.97 Å². The Kier molecular flexibility index (Phi) is 5.34. The van der Waals surface area contributed by atoms with E-state index < -0.39 is 0 Å². The molecule has 0 aliphatic carbocycles. The van der Waals surface area contributed by atoms with Gasteiger partial charge in [-0.2, -0.15) is 0 Å². The topological polar surface area (TPSA) is 38.8 Å². The Morgan fingerprint density at radius 2 is 2.19 bits per heavy atom. The van der Waals surface area contributed by atoms with Crippen molar-refractivity contribution in [1.29, 1.82) is 0 Å². The minimum absolute atomic E-state index is 0.311. The molecule has 1 saturated heterocycles. The number of epoxide rings is 1. The van der Waals surface area contributed by atoms with E-state index in [1.54, 1.807) is 0 Å². The fourth-order valence-corrected chi connectivity index (χ4v) is 1.85. The zero-order valence-corrected chi connectivity index (χ0v) is 10.1. The Balaban J connectivity index is 2.06. The second kappa shape index (κ2) is 6.55. The van der Waals surface area contributed by atoms with E-state index in [0.29, 0.717) is 12.2 Å². The average Bonchev–Trinajstić information content (AvgIpc) is 2.95. The van der Waals surface area contributed by atoms with Crippen LogP contribution in [0.4, 0.5) is 0 Å². The standard InChI is InChI=1S/C13H20O3/c1-4-7-12-13(16-12)9-6-8-11(5-2)15-10(3)14/h2,11-13H,4,6-9H2,1,3H3/t11?,12-,13-/m1/s1. The van der Waals surface area contributed by atoms with Gasteiger partial charge in [0, 0.05) is 6.92 Å². The van der Waals surface area contributed by atoms with Gasteiger partial charge < -0.3 is 9.47 Å². The summed E-state index contributed by atoms with van der Waals surface area (Å²) in [5, 5.41) is 0. The summed E-state index contributed by atoms with van der Waals surface area (Å²) in [6.45, 7) is 3.54. The van der Waals surface area contributed by atoms with Crippen molar-refractivity contribution in [2.45, 2.75) is 64.3 Å². The van der Waals surface area contributed by atoms with Crippen LogP contribution >= 0.6 is 0 Å². The number of carbonyl (C=O) groups is 1. The number of terminal acetylenes is 1. The molecule has 1 aliphatic heterocycles. The van der Waals surface area contributed by atoms with Crippen LogP contribution < -0.4 is 0 Å². The maximum atomic E-state index is 10.7. The highest BCUT2D eigenvalue weighted by Crippen LogP contribution is 2.30. The molecule has 0 N–H and O–H groups in total. The average molecular weight is 224 g/mol. The van der Waals surface area contributed by atoms with E-state index in [2.05, 4.69) is 12.8 Å². The molecule has 0 aromatic rings. The molecule has 0 saturated carbocycles. The molecule has 0 radical (unpaired) electrons. The van der Waals surface area contributed by atoms with Crippen LogP contribution in [-0.2, 0) is 14.3 Å². The lowest BCUT2D eigenvalue weighted by molar-refractivity contribution is -0.144. The molecule has 0 aromatic carbocycles. The largest absolute Gasteiger partial charge is 0.449 e. The highest BCUT2D eigenvalue weighted by atomic mass is 16.6. The third kappa shape index (κ3) is 4.67. The van der Waals surface area contributed by atoms with E-state index in [1.165, 1.54) is 13.3 Å². The second-order valence-electron chi connectivity index (χ2n) is 4.20. The first-order valence-corrected chi connectivity index (χ1v) is 5.96. The maximum absolute atomic E-state index is 10.7. The Morgan fingerprint density at radius 1 is 1.50 bits per heavy atom. The molecule has 0 bridgehead atoms. The summed E-state index contributed by atoms with van der Waals surface area (Å²) in [6, 6.07) is 0. The van der Waals surface area contributed by atoms with E-state index >= 15 is 0 Å². The molecular formula is C13H20O3. The zero-order chi connectivity index (χ0) is 12.0. The summed E-state index contributed by atoms with van der Waals surface area (Å²) >= 11 is 0. The van der Waals surface area contributed by atoms with Gasteiger partial charge in [-0.25, -0.2) is 0 Å². The van der Waals surface area contributed by atoms with Crippen LogP contribution in [0, 0.1) is 12.3 Å². The molecule has 1 rings (SSSR count). The first-order valence-electron chi connectivity index (χ1n) is 5.96. The molecule has 3 atom stereocenters. The molecule has 1 fully saturated rings. The monoisotopic (exact) mass is 224 g/mol. The lowest BCUT2D eigenvalue weighted by Gasteiger charge is -2.09. The van der Waals surface area contributed by atoms with Crippen LogP contribution in [-0.4, -0.2) is 24.3 Å². The van der Waals surface area contributed by atoms with Gasteiger partial charge in [0.05, 0.1) is 12.2 Å². The molecule has 90 valence electrons. The van der Waals surface area contributed by atoms with Crippen LogP contribution in [0.2, 0.25) is 0 Å². The van der Waals surface area contributed by atoms with Gasteiger partial charge in [0.2, 0.25) is 0 Å². The van der Waals surface area contributed by atoms with E-state index in [1.807, 2.05) is 0 Å². The molecule has 0 amide bonds. The third-order valence-corrected chi connectivity index (χ3v) is 2.71. The summed E-state index contributed by atoms with van der Waals surface area (Å²) in [5.41, 5.74) is 0. The molecule has 3 heteroatoms. The van der Waals surface area contributed by atoms with E-state index in [0.717, 1.165) is 25.7 Å². The predicted octanol–water partition coefficient (Wildman–Crippen LogP) is 2.29. The summed E-state index contributed by atoms with van der Waals surface area (Å²) in [7, 11) is 0. The number of hydrogen-bond donors (Lipinski definition) is 0. The van der Waals surface area contributed by atoms with Crippen molar-refractivity contribution in [3.8, 4) is 12.3 Å². The van der Waals surface area contributed by atoms with Gasteiger partial charge in [0.25, 0.3) is 0 Å².